The standard InChI is InChI=1S/C16H25N3O4/c1-15(2,3)22-14(20)19-8-4-7-16(21,10-19)9-12-17-13(18-23-12)11-5-6-11/h11,21H,4-10H2,1-3H3/t16-/m0/s1. The summed E-state index contributed by atoms with van der Waals surface area (Å²) in [6.45, 7) is 6.31. The van der Waals surface area contributed by atoms with Crippen molar-refractivity contribution in [3.63, 3.8) is 0 Å². The van der Waals surface area contributed by atoms with Crippen molar-refractivity contribution >= 4 is 6.09 Å². The van der Waals surface area contributed by atoms with E-state index in [4.69, 9.17) is 9.26 Å². The summed E-state index contributed by atoms with van der Waals surface area (Å²) in [5.41, 5.74) is -1.58. The van der Waals surface area contributed by atoms with Gasteiger partial charge in [-0.2, -0.15) is 4.98 Å². The lowest BCUT2D eigenvalue weighted by molar-refractivity contribution is -0.0458. The molecule has 128 valence electrons. The van der Waals surface area contributed by atoms with E-state index in [1.54, 1.807) is 4.90 Å². The number of hydrogen-bond donors (Lipinski definition) is 1. The van der Waals surface area contributed by atoms with Crippen molar-refractivity contribution in [3.05, 3.63) is 11.7 Å². The lowest BCUT2D eigenvalue weighted by Gasteiger charge is -2.38. The van der Waals surface area contributed by atoms with Crippen molar-refractivity contribution in [2.45, 2.75) is 70.0 Å². The molecule has 1 saturated carbocycles. The Hall–Kier alpha value is -1.63. The van der Waals surface area contributed by atoms with Crippen LogP contribution in [-0.2, 0) is 11.2 Å². The highest BCUT2D eigenvalue weighted by Crippen LogP contribution is 2.38. The first kappa shape index (κ1) is 16.2. The minimum atomic E-state index is -1.04. The van der Waals surface area contributed by atoms with Crippen LogP contribution in [0, 0.1) is 0 Å². The van der Waals surface area contributed by atoms with E-state index in [1.165, 1.54) is 0 Å². The molecule has 23 heavy (non-hydrogen) atoms. The minimum Gasteiger partial charge on any atom is -0.444 e. The number of aromatic nitrogens is 2. The highest BCUT2D eigenvalue weighted by Gasteiger charge is 2.39. The average molecular weight is 323 g/mol. The number of aliphatic hydroxyl groups is 1. The molecule has 2 aliphatic rings. The smallest absolute Gasteiger partial charge is 0.410 e. The van der Waals surface area contributed by atoms with E-state index in [-0.39, 0.29) is 19.1 Å². The maximum atomic E-state index is 12.2. The third-order valence-electron chi connectivity index (χ3n) is 4.11. The van der Waals surface area contributed by atoms with Crippen LogP contribution >= 0.6 is 0 Å². The van der Waals surface area contributed by atoms with E-state index in [0.717, 1.165) is 25.1 Å². The van der Waals surface area contributed by atoms with Crippen LogP contribution in [0.3, 0.4) is 0 Å². The fourth-order valence-electron chi connectivity index (χ4n) is 2.87. The second kappa shape index (κ2) is 5.78. The summed E-state index contributed by atoms with van der Waals surface area (Å²) in [5.74, 6) is 1.61. The molecule has 1 saturated heterocycles. The van der Waals surface area contributed by atoms with Crippen LogP contribution in [-0.4, -0.2) is 50.5 Å². The molecule has 0 aromatic carbocycles. The maximum Gasteiger partial charge on any atom is 0.410 e. The summed E-state index contributed by atoms with van der Waals surface area (Å²) in [6, 6.07) is 0. The Labute approximate surface area is 136 Å². The Morgan fingerprint density at radius 1 is 1.48 bits per heavy atom. The van der Waals surface area contributed by atoms with E-state index in [1.807, 2.05) is 20.8 Å². The molecule has 3 rings (SSSR count). The van der Waals surface area contributed by atoms with Gasteiger partial charge in [0, 0.05) is 12.5 Å². The molecule has 1 aliphatic carbocycles. The van der Waals surface area contributed by atoms with E-state index in [2.05, 4.69) is 10.1 Å². The Morgan fingerprint density at radius 2 is 2.22 bits per heavy atom. The third kappa shape index (κ3) is 4.22. The minimum absolute atomic E-state index is 0.225. The van der Waals surface area contributed by atoms with E-state index < -0.39 is 11.2 Å². The number of nitrogens with zero attached hydrogens (tertiary/aromatic N) is 3. The van der Waals surface area contributed by atoms with Gasteiger partial charge in [0.2, 0.25) is 5.89 Å². The fourth-order valence-corrected chi connectivity index (χ4v) is 2.87. The topological polar surface area (TPSA) is 88.7 Å². The first-order chi connectivity index (χ1) is 10.7. The van der Waals surface area contributed by atoms with Crippen molar-refractivity contribution < 1.29 is 19.2 Å². The molecule has 2 heterocycles. The molecular formula is C16H25N3O4. The number of carbonyl (C=O) groups is 1. The molecule has 1 atom stereocenters. The zero-order valence-electron chi connectivity index (χ0n) is 14.0. The van der Waals surface area contributed by atoms with Crippen molar-refractivity contribution in [2.24, 2.45) is 0 Å². The van der Waals surface area contributed by atoms with Gasteiger partial charge >= 0.3 is 6.09 Å². The summed E-state index contributed by atoms with van der Waals surface area (Å²) in [6.07, 6.45) is 3.42. The van der Waals surface area contributed by atoms with Crippen molar-refractivity contribution in [3.8, 4) is 0 Å². The van der Waals surface area contributed by atoms with Gasteiger partial charge in [0.15, 0.2) is 5.82 Å². The van der Waals surface area contributed by atoms with Crippen LogP contribution in [0.25, 0.3) is 0 Å². The Bertz CT molecular complexity index is 576. The Kier molecular flexibility index (Phi) is 4.08. The van der Waals surface area contributed by atoms with Gasteiger partial charge < -0.3 is 19.3 Å². The number of amides is 1. The van der Waals surface area contributed by atoms with Gasteiger partial charge in [-0.25, -0.2) is 4.79 Å². The van der Waals surface area contributed by atoms with Gasteiger partial charge in [-0.15, -0.1) is 0 Å². The zero-order valence-corrected chi connectivity index (χ0v) is 14.0. The molecule has 1 N–H and O–H groups in total. The highest BCUT2D eigenvalue weighted by molar-refractivity contribution is 5.68. The fraction of sp³-hybridized carbons (Fsp3) is 0.812. The van der Waals surface area contributed by atoms with Gasteiger partial charge in [-0.05, 0) is 46.5 Å². The van der Waals surface area contributed by atoms with E-state index >= 15 is 0 Å². The van der Waals surface area contributed by atoms with Crippen LogP contribution in [0.2, 0.25) is 0 Å². The van der Waals surface area contributed by atoms with Gasteiger partial charge in [0.05, 0.1) is 18.6 Å². The lowest BCUT2D eigenvalue weighted by atomic mass is 9.90. The summed E-state index contributed by atoms with van der Waals surface area (Å²) in [7, 11) is 0. The van der Waals surface area contributed by atoms with Crippen LogP contribution in [0.5, 0.6) is 0 Å². The molecule has 1 aliphatic heterocycles. The molecular weight excluding hydrogens is 298 g/mol. The SMILES string of the molecule is CC(C)(C)OC(=O)N1CCC[C@](O)(Cc2nc(C3CC3)no2)C1. The van der Waals surface area contributed by atoms with E-state index in [0.29, 0.717) is 24.8 Å². The molecule has 7 heteroatoms. The predicted molar refractivity (Wildman–Crippen MR) is 82.0 cm³/mol. The van der Waals surface area contributed by atoms with Gasteiger partial charge in [-0.3, -0.25) is 0 Å². The molecule has 1 aromatic heterocycles. The molecule has 0 unspecified atom stereocenters. The number of piperidine rings is 1. The number of hydrogen-bond acceptors (Lipinski definition) is 6. The highest BCUT2D eigenvalue weighted by atomic mass is 16.6. The lowest BCUT2D eigenvalue weighted by Crippen LogP contribution is -2.52. The second-order valence-electron chi connectivity index (χ2n) is 7.73. The second-order valence-corrected chi connectivity index (χ2v) is 7.73. The molecule has 1 amide bonds. The molecule has 2 fully saturated rings. The first-order valence-electron chi connectivity index (χ1n) is 8.27. The quantitative estimate of drug-likeness (QED) is 0.918. The van der Waals surface area contributed by atoms with Gasteiger partial charge in [0.25, 0.3) is 0 Å². The number of likely N-dealkylation sites (tertiary alicyclic amines) is 1. The monoisotopic (exact) mass is 323 g/mol. The average Bonchev–Trinajstić information content (AvgIpc) is 3.18. The molecule has 0 bridgehead atoms. The summed E-state index contributed by atoms with van der Waals surface area (Å²) < 4.78 is 10.6. The van der Waals surface area contributed by atoms with Crippen molar-refractivity contribution in [1.82, 2.24) is 15.0 Å². The Balaban J connectivity index is 1.62. The number of ether oxygens (including phenoxy) is 1. The zero-order chi connectivity index (χ0) is 16.7. The first-order valence-corrected chi connectivity index (χ1v) is 8.27. The maximum absolute atomic E-state index is 12.2. The van der Waals surface area contributed by atoms with Crippen molar-refractivity contribution in [1.29, 1.82) is 0 Å². The summed E-state index contributed by atoms with van der Waals surface area (Å²) >= 11 is 0. The molecule has 7 nitrogen and oxygen atoms in total. The molecule has 0 spiro atoms. The van der Waals surface area contributed by atoms with Crippen LogP contribution < -0.4 is 0 Å². The van der Waals surface area contributed by atoms with Crippen LogP contribution in [0.15, 0.2) is 4.52 Å². The van der Waals surface area contributed by atoms with Gasteiger partial charge in [0.1, 0.15) is 5.60 Å². The van der Waals surface area contributed by atoms with E-state index in [9.17, 15) is 9.90 Å². The largest absolute Gasteiger partial charge is 0.444 e. The Morgan fingerprint density at radius 3 is 2.87 bits per heavy atom. The number of carbonyl (C=O) groups excluding carboxylic acids is 1. The van der Waals surface area contributed by atoms with Crippen molar-refractivity contribution in [2.75, 3.05) is 13.1 Å². The summed E-state index contributed by atoms with van der Waals surface area (Å²) in [4.78, 5) is 18.1. The van der Waals surface area contributed by atoms with Gasteiger partial charge in [-0.1, -0.05) is 5.16 Å². The molecule has 0 radical (unpaired) electrons. The van der Waals surface area contributed by atoms with Crippen LogP contribution in [0.1, 0.15) is 64.1 Å². The predicted octanol–water partition coefficient (Wildman–Crippen LogP) is 2.25. The summed E-state index contributed by atoms with van der Waals surface area (Å²) in [5, 5.41) is 14.8. The third-order valence-corrected chi connectivity index (χ3v) is 4.11. The van der Waals surface area contributed by atoms with Crippen LogP contribution in [0.4, 0.5) is 4.79 Å². The normalized spacial score (nSPS) is 25.5. The number of rotatable bonds is 3. The number of β-amino-alcohol motifs (C(OH)–C–C–N with tert-alkyl or cyclic N) is 1. The molecule has 1 aromatic rings.